The molecule has 4 nitrogen and oxygen atoms in total. The summed E-state index contributed by atoms with van der Waals surface area (Å²) in [7, 11) is 0. The van der Waals surface area contributed by atoms with E-state index in [4.69, 9.17) is 4.74 Å². The average molecular weight is 327 g/mol. The monoisotopic (exact) mass is 327 g/mol. The van der Waals surface area contributed by atoms with Crippen LogP contribution >= 0.6 is 0 Å². The topological polar surface area (TPSA) is 55.4 Å². The molecular formula is C19H18FNO3. The van der Waals surface area contributed by atoms with Crippen LogP contribution in [-0.4, -0.2) is 18.5 Å². The summed E-state index contributed by atoms with van der Waals surface area (Å²) in [5.74, 6) is -1.59. The highest BCUT2D eigenvalue weighted by atomic mass is 19.1. The number of benzene rings is 2. The Balaban J connectivity index is 1.56. The maximum absolute atomic E-state index is 13.1. The van der Waals surface area contributed by atoms with Crippen molar-refractivity contribution in [2.75, 3.05) is 6.61 Å². The number of esters is 1. The molecule has 0 saturated heterocycles. The van der Waals surface area contributed by atoms with Gasteiger partial charge in [-0.05, 0) is 48.6 Å². The number of ether oxygens (including phenoxy) is 1. The molecule has 124 valence electrons. The third-order valence-corrected chi connectivity index (χ3v) is 4.10. The molecule has 0 bridgehead atoms. The van der Waals surface area contributed by atoms with Crippen LogP contribution in [-0.2, 0) is 16.0 Å². The Bertz CT molecular complexity index is 760. The molecule has 0 spiro atoms. The molecule has 1 N–H and O–H groups in total. The van der Waals surface area contributed by atoms with Crippen molar-refractivity contribution in [3.63, 3.8) is 0 Å². The van der Waals surface area contributed by atoms with E-state index in [0.717, 1.165) is 30.9 Å². The third kappa shape index (κ3) is 3.79. The Morgan fingerprint density at radius 1 is 1.17 bits per heavy atom. The van der Waals surface area contributed by atoms with Crippen LogP contribution < -0.4 is 5.32 Å². The normalized spacial score (nSPS) is 16.1. The number of aryl methyl sites for hydroxylation is 1. The minimum Gasteiger partial charge on any atom is -0.452 e. The summed E-state index contributed by atoms with van der Waals surface area (Å²) in [6.45, 7) is -0.381. The van der Waals surface area contributed by atoms with Gasteiger partial charge in [-0.15, -0.1) is 0 Å². The van der Waals surface area contributed by atoms with Gasteiger partial charge in [0.2, 0.25) is 0 Å². The van der Waals surface area contributed by atoms with Crippen LogP contribution in [0.25, 0.3) is 0 Å². The highest BCUT2D eigenvalue weighted by Crippen LogP contribution is 2.29. The lowest BCUT2D eigenvalue weighted by Crippen LogP contribution is -2.34. The van der Waals surface area contributed by atoms with Gasteiger partial charge >= 0.3 is 5.97 Å². The summed E-state index contributed by atoms with van der Waals surface area (Å²) in [4.78, 5) is 23.9. The number of fused-ring (bicyclic) bond motifs is 1. The van der Waals surface area contributed by atoms with Crippen LogP contribution in [0, 0.1) is 5.82 Å². The number of carbonyl (C=O) groups excluding carboxylic acids is 2. The summed E-state index contributed by atoms with van der Waals surface area (Å²) >= 11 is 0. The Labute approximate surface area is 139 Å². The van der Waals surface area contributed by atoms with E-state index < -0.39 is 11.8 Å². The molecule has 1 amide bonds. The minimum absolute atomic E-state index is 0.0599. The van der Waals surface area contributed by atoms with Crippen molar-refractivity contribution in [1.82, 2.24) is 5.32 Å². The molecule has 2 aromatic carbocycles. The van der Waals surface area contributed by atoms with Gasteiger partial charge in [-0.1, -0.05) is 30.3 Å². The molecule has 0 saturated carbocycles. The van der Waals surface area contributed by atoms with Crippen molar-refractivity contribution in [3.8, 4) is 0 Å². The first-order chi connectivity index (χ1) is 11.6. The van der Waals surface area contributed by atoms with E-state index in [9.17, 15) is 14.0 Å². The number of hydrogen-bond acceptors (Lipinski definition) is 3. The Hall–Kier alpha value is -2.69. The predicted octanol–water partition coefficient (Wildman–Crippen LogP) is 3.18. The van der Waals surface area contributed by atoms with Crippen molar-refractivity contribution in [1.29, 1.82) is 0 Å². The second-order valence-electron chi connectivity index (χ2n) is 5.80. The van der Waals surface area contributed by atoms with Crippen molar-refractivity contribution >= 4 is 11.9 Å². The number of nitrogens with one attached hydrogen (secondary N) is 1. The molecule has 5 heteroatoms. The van der Waals surface area contributed by atoms with E-state index >= 15 is 0 Å². The number of rotatable bonds is 4. The minimum atomic E-state index is -0.714. The standard InChI is InChI=1S/C19H18FNO3/c20-15-8-3-7-14(11-15)19(23)24-12-18(22)21-17-10-4-6-13-5-1-2-9-16(13)17/h1-3,5,7-9,11,17H,4,6,10,12H2,(H,21,22)/t17-/m0/s1. The van der Waals surface area contributed by atoms with Crippen LogP contribution in [0.15, 0.2) is 48.5 Å². The van der Waals surface area contributed by atoms with E-state index in [1.807, 2.05) is 18.2 Å². The number of halogens is 1. The molecule has 0 aliphatic heterocycles. The van der Waals surface area contributed by atoms with E-state index in [-0.39, 0.29) is 24.1 Å². The lowest BCUT2D eigenvalue weighted by Gasteiger charge is -2.26. The van der Waals surface area contributed by atoms with Gasteiger partial charge in [0.1, 0.15) is 5.82 Å². The Morgan fingerprint density at radius 2 is 2.00 bits per heavy atom. The van der Waals surface area contributed by atoms with Crippen LogP contribution in [0.5, 0.6) is 0 Å². The number of amides is 1. The zero-order valence-corrected chi connectivity index (χ0v) is 13.1. The lowest BCUT2D eigenvalue weighted by molar-refractivity contribution is -0.125. The summed E-state index contributed by atoms with van der Waals surface area (Å²) in [6.07, 6.45) is 2.88. The van der Waals surface area contributed by atoms with Gasteiger partial charge in [-0.3, -0.25) is 4.79 Å². The van der Waals surface area contributed by atoms with E-state index in [0.29, 0.717) is 0 Å². The fraction of sp³-hybridized carbons (Fsp3) is 0.263. The molecule has 0 radical (unpaired) electrons. The van der Waals surface area contributed by atoms with Crippen LogP contribution in [0.1, 0.15) is 40.4 Å². The molecular weight excluding hydrogens is 309 g/mol. The van der Waals surface area contributed by atoms with Crippen molar-refractivity contribution < 1.29 is 18.7 Å². The van der Waals surface area contributed by atoms with Gasteiger partial charge in [0, 0.05) is 0 Å². The summed E-state index contributed by atoms with van der Waals surface area (Å²) in [6, 6.07) is 13.1. The second-order valence-corrected chi connectivity index (χ2v) is 5.80. The first-order valence-electron chi connectivity index (χ1n) is 7.93. The van der Waals surface area contributed by atoms with Crippen LogP contribution in [0.3, 0.4) is 0 Å². The zero-order valence-electron chi connectivity index (χ0n) is 13.1. The lowest BCUT2D eigenvalue weighted by atomic mass is 9.88. The van der Waals surface area contributed by atoms with E-state index in [1.165, 1.54) is 23.8 Å². The fourth-order valence-electron chi connectivity index (χ4n) is 2.97. The van der Waals surface area contributed by atoms with Crippen molar-refractivity contribution in [2.24, 2.45) is 0 Å². The Morgan fingerprint density at radius 3 is 2.83 bits per heavy atom. The van der Waals surface area contributed by atoms with Gasteiger partial charge in [0.25, 0.3) is 5.91 Å². The molecule has 24 heavy (non-hydrogen) atoms. The summed E-state index contributed by atoms with van der Waals surface area (Å²) in [5, 5.41) is 2.90. The Kier molecular flexibility index (Phi) is 4.89. The van der Waals surface area contributed by atoms with Gasteiger partial charge in [0.05, 0.1) is 11.6 Å². The molecule has 1 aliphatic carbocycles. The molecule has 0 aromatic heterocycles. The van der Waals surface area contributed by atoms with E-state index in [1.54, 1.807) is 0 Å². The highest BCUT2D eigenvalue weighted by Gasteiger charge is 2.21. The van der Waals surface area contributed by atoms with Crippen molar-refractivity contribution in [2.45, 2.75) is 25.3 Å². The first-order valence-corrected chi connectivity index (χ1v) is 7.93. The van der Waals surface area contributed by atoms with Gasteiger partial charge in [-0.2, -0.15) is 0 Å². The summed E-state index contributed by atoms with van der Waals surface area (Å²) < 4.78 is 18.0. The van der Waals surface area contributed by atoms with Gasteiger partial charge in [-0.25, -0.2) is 9.18 Å². The van der Waals surface area contributed by atoms with Gasteiger partial charge in [0.15, 0.2) is 6.61 Å². The molecule has 1 aliphatic rings. The maximum Gasteiger partial charge on any atom is 0.338 e. The quantitative estimate of drug-likeness (QED) is 0.878. The second kappa shape index (κ2) is 7.25. The number of hydrogen-bond donors (Lipinski definition) is 1. The smallest absolute Gasteiger partial charge is 0.338 e. The molecule has 0 unspecified atom stereocenters. The third-order valence-electron chi connectivity index (χ3n) is 4.10. The van der Waals surface area contributed by atoms with Gasteiger partial charge < -0.3 is 10.1 Å². The largest absolute Gasteiger partial charge is 0.452 e. The molecule has 0 heterocycles. The number of carbonyl (C=O) groups is 2. The predicted molar refractivity (Wildman–Crippen MR) is 86.9 cm³/mol. The van der Waals surface area contributed by atoms with Crippen molar-refractivity contribution in [3.05, 3.63) is 71.0 Å². The molecule has 0 fully saturated rings. The zero-order chi connectivity index (χ0) is 16.9. The van der Waals surface area contributed by atoms with Crippen LogP contribution in [0.2, 0.25) is 0 Å². The van der Waals surface area contributed by atoms with Crippen LogP contribution in [0.4, 0.5) is 4.39 Å². The first kappa shape index (κ1) is 16.2. The average Bonchev–Trinajstić information content (AvgIpc) is 2.60. The van der Waals surface area contributed by atoms with E-state index in [2.05, 4.69) is 11.4 Å². The maximum atomic E-state index is 13.1. The fourth-order valence-corrected chi connectivity index (χ4v) is 2.97. The summed E-state index contributed by atoms with van der Waals surface area (Å²) in [5.41, 5.74) is 2.45. The molecule has 3 rings (SSSR count). The highest BCUT2D eigenvalue weighted by molar-refractivity contribution is 5.91. The SMILES string of the molecule is O=C(COC(=O)c1cccc(F)c1)N[C@H]1CCCc2ccccc21. The molecule has 2 aromatic rings. The molecule has 1 atom stereocenters.